The van der Waals surface area contributed by atoms with Gasteiger partial charge in [-0.25, -0.2) is 4.99 Å². The maximum Gasteiger partial charge on any atom is 0.387 e. The second-order valence-electron chi connectivity index (χ2n) is 7.18. The summed E-state index contributed by atoms with van der Waals surface area (Å²) >= 11 is 0. The zero-order valence-corrected chi connectivity index (χ0v) is 17.4. The third-order valence-corrected chi connectivity index (χ3v) is 4.93. The van der Waals surface area contributed by atoms with Crippen molar-refractivity contribution in [2.75, 3.05) is 24.5 Å². The Hall–Kier alpha value is -3.36. The predicted molar refractivity (Wildman–Crippen MR) is 117 cm³/mol. The molecule has 7 nitrogen and oxygen atoms in total. The highest BCUT2D eigenvalue weighted by molar-refractivity contribution is 5.92. The number of nitrogens with two attached hydrogens (primary N) is 1. The smallest absolute Gasteiger partial charge is 0.387 e. The highest BCUT2D eigenvalue weighted by atomic mass is 19.3. The molecule has 31 heavy (non-hydrogen) atoms. The number of halogens is 2. The first kappa shape index (κ1) is 22.3. The van der Waals surface area contributed by atoms with Crippen LogP contribution in [0, 0.1) is 0 Å². The number of primary amides is 1. The molecule has 1 aliphatic heterocycles. The molecular weight excluding hydrogens is 404 g/mol. The maximum absolute atomic E-state index is 12.7. The molecule has 0 saturated carbocycles. The standard InChI is InChI=1S/C22H27F2N5O2/c1-2-26-22(27-13-15-6-5-7-16(12-15)20(25)30)28-17-10-11-29(14-17)18-8-3-4-9-19(18)31-21(23)24/h3-9,12,17,21H,2,10-11,13-14H2,1H3,(H2,25,30)(H2,26,27,28). The van der Waals surface area contributed by atoms with E-state index in [0.29, 0.717) is 43.4 Å². The lowest BCUT2D eigenvalue weighted by Gasteiger charge is -2.22. The van der Waals surface area contributed by atoms with Crippen molar-refractivity contribution in [2.24, 2.45) is 10.7 Å². The number of nitrogens with one attached hydrogen (secondary N) is 2. The molecule has 1 aliphatic rings. The lowest BCUT2D eigenvalue weighted by molar-refractivity contribution is -0.0495. The summed E-state index contributed by atoms with van der Waals surface area (Å²) in [6.07, 6.45) is 0.824. The molecule has 2 aromatic rings. The Labute approximate surface area is 180 Å². The van der Waals surface area contributed by atoms with E-state index >= 15 is 0 Å². The second-order valence-corrected chi connectivity index (χ2v) is 7.18. The minimum atomic E-state index is -2.86. The number of benzene rings is 2. The van der Waals surface area contributed by atoms with E-state index in [-0.39, 0.29) is 11.8 Å². The number of para-hydroxylation sites is 2. The van der Waals surface area contributed by atoms with Gasteiger partial charge in [-0.2, -0.15) is 8.78 Å². The number of carbonyl (C=O) groups excluding carboxylic acids is 1. The van der Waals surface area contributed by atoms with Crippen LogP contribution in [-0.2, 0) is 6.54 Å². The van der Waals surface area contributed by atoms with Gasteiger partial charge in [0.25, 0.3) is 0 Å². The Morgan fingerprint density at radius 1 is 1.29 bits per heavy atom. The Bertz CT molecular complexity index is 922. The van der Waals surface area contributed by atoms with Gasteiger partial charge in [0.15, 0.2) is 5.96 Å². The quantitative estimate of drug-likeness (QED) is 0.442. The first-order valence-electron chi connectivity index (χ1n) is 10.2. The number of rotatable bonds is 8. The average Bonchev–Trinajstić information content (AvgIpc) is 3.20. The van der Waals surface area contributed by atoms with Gasteiger partial charge < -0.3 is 26.0 Å². The molecular formula is C22H27F2N5O2. The van der Waals surface area contributed by atoms with Crippen LogP contribution >= 0.6 is 0 Å². The van der Waals surface area contributed by atoms with Gasteiger partial charge in [-0.3, -0.25) is 4.79 Å². The van der Waals surface area contributed by atoms with Crippen LogP contribution in [0.25, 0.3) is 0 Å². The van der Waals surface area contributed by atoms with Crippen molar-refractivity contribution in [1.29, 1.82) is 0 Å². The zero-order valence-electron chi connectivity index (χ0n) is 17.4. The summed E-state index contributed by atoms with van der Waals surface area (Å²) in [7, 11) is 0. The van der Waals surface area contributed by atoms with Gasteiger partial charge in [-0.1, -0.05) is 24.3 Å². The molecule has 1 amide bonds. The minimum absolute atomic E-state index is 0.0920. The molecule has 0 spiro atoms. The van der Waals surface area contributed by atoms with Crippen molar-refractivity contribution >= 4 is 17.6 Å². The SMILES string of the molecule is CCNC(=NCc1cccc(C(N)=O)c1)NC1CCN(c2ccccc2OC(F)F)C1. The van der Waals surface area contributed by atoms with Gasteiger partial charge in [0, 0.05) is 31.2 Å². The summed E-state index contributed by atoms with van der Waals surface area (Å²) < 4.78 is 30.1. The molecule has 9 heteroatoms. The second kappa shape index (κ2) is 10.6. The minimum Gasteiger partial charge on any atom is -0.433 e. The number of ether oxygens (including phenoxy) is 1. The van der Waals surface area contributed by atoms with Crippen molar-refractivity contribution < 1.29 is 18.3 Å². The molecule has 0 radical (unpaired) electrons. The monoisotopic (exact) mass is 431 g/mol. The Morgan fingerprint density at radius 2 is 2.10 bits per heavy atom. The Balaban J connectivity index is 1.64. The summed E-state index contributed by atoms with van der Waals surface area (Å²) in [5, 5.41) is 6.62. The number of hydrogen-bond acceptors (Lipinski definition) is 4. The highest BCUT2D eigenvalue weighted by Gasteiger charge is 2.26. The summed E-state index contributed by atoms with van der Waals surface area (Å²) in [4.78, 5) is 18.0. The third kappa shape index (κ3) is 6.31. The molecule has 0 aliphatic carbocycles. The van der Waals surface area contributed by atoms with Gasteiger partial charge in [-0.15, -0.1) is 0 Å². The molecule has 1 saturated heterocycles. The fourth-order valence-corrected chi connectivity index (χ4v) is 3.52. The highest BCUT2D eigenvalue weighted by Crippen LogP contribution is 2.31. The lowest BCUT2D eigenvalue weighted by Crippen LogP contribution is -2.44. The van der Waals surface area contributed by atoms with Crippen LogP contribution < -0.4 is 26.0 Å². The number of alkyl halides is 2. The van der Waals surface area contributed by atoms with Crippen molar-refractivity contribution in [2.45, 2.75) is 32.5 Å². The molecule has 0 aromatic heterocycles. The largest absolute Gasteiger partial charge is 0.433 e. The first-order chi connectivity index (χ1) is 15.0. The summed E-state index contributed by atoms with van der Waals surface area (Å²) in [6, 6.07) is 14.0. The van der Waals surface area contributed by atoms with Crippen LogP contribution in [0.2, 0.25) is 0 Å². The van der Waals surface area contributed by atoms with Gasteiger partial charge in [0.1, 0.15) is 5.75 Å². The number of carbonyl (C=O) groups is 1. The van der Waals surface area contributed by atoms with Crippen LogP contribution in [0.4, 0.5) is 14.5 Å². The molecule has 3 rings (SSSR count). The molecule has 0 bridgehead atoms. The Morgan fingerprint density at radius 3 is 2.84 bits per heavy atom. The molecule has 1 fully saturated rings. The van der Waals surface area contributed by atoms with Gasteiger partial charge in [0.05, 0.1) is 12.2 Å². The van der Waals surface area contributed by atoms with Crippen molar-refractivity contribution in [3.8, 4) is 5.75 Å². The molecule has 1 unspecified atom stereocenters. The van der Waals surface area contributed by atoms with Gasteiger partial charge >= 0.3 is 6.61 Å². The third-order valence-electron chi connectivity index (χ3n) is 4.93. The molecule has 1 heterocycles. The van der Waals surface area contributed by atoms with Crippen LogP contribution in [-0.4, -0.2) is 44.2 Å². The number of aliphatic imine (C=N–C) groups is 1. The molecule has 4 N–H and O–H groups in total. The number of amides is 1. The summed E-state index contributed by atoms with van der Waals surface area (Å²) in [6.45, 7) is 1.53. The molecule has 1 atom stereocenters. The van der Waals surface area contributed by atoms with E-state index < -0.39 is 12.5 Å². The van der Waals surface area contributed by atoms with Crippen molar-refractivity contribution in [3.05, 3.63) is 59.7 Å². The van der Waals surface area contributed by atoms with Crippen molar-refractivity contribution in [3.63, 3.8) is 0 Å². The number of guanidine groups is 1. The van der Waals surface area contributed by atoms with E-state index in [1.54, 1.807) is 42.5 Å². The number of hydrogen-bond donors (Lipinski definition) is 3. The topological polar surface area (TPSA) is 92.0 Å². The van der Waals surface area contributed by atoms with E-state index in [4.69, 9.17) is 5.73 Å². The van der Waals surface area contributed by atoms with E-state index in [1.807, 2.05) is 17.9 Å². The van der Waals surface area contributed by atoms with E-state index in [2.05, 4.69) is 20.4 Å². The van der Waals surface area contributed by atoms with Crippen LogP contribution in [0.3, 0.4) is 0 Å². The van der Waals surface area contributed by atoms with Crippen LogP contribution in [0.1, 0.15) is 29.3 Å². The number of nitrogens with zero attached hydrogens (tertiary/aromatic N) is 2. The van der Waals surface area contributed by atoms with E-state index in [9.17, 15) is 13.6 Å². The normalized spacial score (nSPS) is 16.5. The van der Waals surface area contributed by atoms with Gasteiger partial charge in [0.2, 0.25) is 5.91 Å². The van der Waals surface area contributed by atoms with Crippen molar-refractivity contribution in [1.82, 2.24) is 10.6 Å². The predicted octanol–water partition coefficient (Wildman–Crippen LogP) is 2.72. The number of anilines is 1. The first-order valence-corrected chi connectivity index (χ1v) is 10.2. The maximum atomic E-state index is 12.7. The average molecular weight is 431 g/mol. The zero-order chi connectivity index (χ0) is 22.2. The van der Waals surface area contributed by atoms with Gasteiger partial charge in [-0.05, 0) is 43.2 Å². The fourth-order valence-electron chi connectivity index (χ4n) is 3.52. The summed E-state index contributed by atoms with van der Waals surface area (Å²) in [5.74, 6) is 0.349. The molecule has 2 aromatic carbocycles. The Kier molecular flexibility index (Phi) is 7.64. The fraction of sp³-hybridized carbons (Fsp3) is 0.364. The lowest BCUT2D eigenvalue weighted by atomic mass is 10.1. The molecule has 166 valence electrons. The van der Waals surface area contributed by atoms with Crippen LogP contribution in [0.15, 0.2) is 53.5 Å². The summed E-state index contributed by atoms with van der Waals surface area (Å²) in [5.41, 5.74) is 7.31. The van der Waals surface area contributed by atoms with E-state index in [0.717, 1.165) is 12.0 Å². The van der Waals surface area contributed by atoms with Crippen LogP contribution in [0.5, 0.6) is 5.75 Å². The van der Waals surface area contributed by atoms with E-state index in [1.165, 1.54) is 0 Å².